The Balaban J connectivity index is 2.65. The minimum absolute atomic E-state index is 0.00919. The topological polar surface area (TPSA) is 45.8 Å². The van der Waals surface area contributed by atoms with E-state index in [0.29, 0.717) is 5.16 Å². The molecule has 0 amide bonds. The molecular weight excluding hydrogens is 216 g/mol. The molecular formula is C9H12N2OS2. The second-order valence-corrected chi connectivity index (χ2v) is 5.71. The zero-order valence-electron chi connectivity index (χ0n) is 8.38. The first-order valence-electron chi connectivity index (χ1n) is 4.36. The molecule has 0 bridgehead atoms. The van der Waals surface area contributed by atoms with Crippen LogP contribution in [0.1, 0.15) is 19.5 Å². The number of thioether (sulfide) groups is 2. The van der Waals surface area contributed by atoms with Gasteiger partial charge in [-0.2, -0.15) is 0 Å². The number of hydrogen-bond donors (Lipinski definition) is 1. The molecule has 1 aromatic rings. The van der Waals surface area contributed by atoms with Crippen molar-refractivity contribution in [2.24, 2.45) is 0 Å². The first-order valence-corrected chi connectivity index (χ1v) is 6.57. The summed E-state index contributed by atoms with van der Waals surface area (Å²) in [5.41, 5.74) is 0.990. The Morgan fingerprint density at radius 2 is 2.29 bits per heavy atom. The maximum absolute atomic E-state index is 11.6. The lowest BCUT2D eigenvalue weighted by atomic mass is 9.92. The fourth-order valence-electron chi connectivity index (χ4n) is 1.45. The summed E-state index contributed by atoms with van der Waals surface area (Å²) in [6.07, 6.45) is 1.92. The normalized spacial score (nSPS) is 18.2. The summed E-state index contributed by atoms with van der Waals surface area (Å²) >= 11 is 3.08. The molecule has 1 N–H and O–H groups in total. The van der Waals surface area contributed by atoms with Crippen molar-refractivity contribution in [1.29, 1.82) is 0 Å². The summed E-state index contributed by atoms with van der Waals surface area (Å²) in [4.78, 5) is 19.7. The van der Waals surface area contributed by atoms with Crippen LogP contribution in [0.15, 0.2) is 14.8 Å². The Labute approximate surface area is 91.1 Å². The predicted molar refractivity (Wildman–Crippen MR) is 60.4 cm³/mol. The molecule has 0 aliphatic carbocycles. The molecule has 0 fully saturated rings. The van der Waals surface area contributed by atoms with Crippen molar-refractivity contribution in [2.75, 3.05) is 12.0 Å². The highest BCUT2D eigenvalue weighted by Crippen LogP contribution is 2.40. The standard InChI is InChI=1S/C9H12N2OS2/c1-9(2)4-14-5-6(9)10-8(13-3)11-7(5)12/h4H2,1-3H3,(H,10,11,12). The Hall–Kier alpha value is -0.420. The van der Waals surface area contributed by atoms with E-state index in [2.05, 4.69) is 23.8 Å². The molecule has 2 rings (SSSR count). The van der Waals surface area contributed by atoms with Gasteiger partial charge in [0.05, 0.1) is 10.6 Å². The lowest BCUT2D eigenvalue weighted by Gasteiger charge is -2.16. The van der Waals surface area contributed by atoms with Crippen LogP contribution in [0.2, 0.25) is 0 Å². The predicted octanol–water partition coefficient (Wildman–Crippen LogP) is 1.88. The van der Waals surface area contributed by atoms with Crippen LogP contribution < -0.4 is 5.56 Å². The van der Waals surface area contributed by atoms with E-state index in [-0.39, 0.29) is 11.0 Å². The van der Waals surface area contributed by atoms with Gasteiger partial charge in [0, 0.05) is 11.2 Å². The number of aromatic amines is 1. The highest BCUT2D eigenvalue weighted by atomic mass is 32.2. The summed E-state index contributed by atoms with van der Waals surface area (Å²) in [5, 5.41) is 0.712. The van der Waals surface area contributed by atoms with E-state index >= 15 is 0 Å². The van der Waals surface area contributed by atoms with Crippen molar-refractivity contribution >= 4 is 23.5 Å². The number of fused-ring (bicyclic) bond motifs is 1. The van der Waals surface area contributed by atoms with Gasteiger partial charge in [0.2, 0.25) is 0 Å². The molecule has 5 heteroatoms. The Morgan fingerprint density at radius 1 is 1.57 bits per heavy atom. The van der Waals surface area contributed by atoms with E-state index < -0.39 is 0 Å². The molecule has 1 aliphatic heterocycles. The molecule has 76 valence electrons. The number of aromatic nitrogens is 2. The number of nitrogens with zero attached hydrogens (tertiary/aromatic N) is 1. The van der Waals surface area contributed by atoms with Crippen molar-refractivity contribution in [3.8, 4) is 0 Å². The quantitative estimate of drug-likeness (QED) is 0.589. The smallest absolute Gasteiger partial charge is 0.265 e. The van der Waals surface area contributed by atoms with E-state index in [0.717, 1.165) is 16.3 Å². The van der Waals surface area contributed by atoms with Gasteiger partial charge >= 0.3 is 0 Å². The highest BCUT2D eigenvalue weighted by Gasteiger charge is 2.34. The largest absolute Gasteiger partial charge is 0.301 e. The third-order valence-electron chi connectivity index (χ3n) is 2.27. The maximum atomic E-state index is 11.6. The molecule has 2 heterocycles. The van der Waals surface area contributed by atoms with Crippen molar-refractivity contribution in [3.63, 3.8) is 0 Å². The SMILES string of the molecule is CSc1nc2c(c(=O)[nH]1)SCC2(C)C. The second kappa shape index (κ2) is 3.31. The van der Waals surface area contributed by atoms with Gasteiger partial charge < -0.3 is 4.98 Å². The van der Waals surface area contributed by atoms with Crippen LogP contribution >= 0.6 is 23.5 Å². The molecule has 3 nitrogen and oxygen atoms in total. The Bertz CT molecular complexity index is 425. The number of nitrogens with one attached hydrogen (secondary N) is 1. The summed E-state index contributed by atoms with van der Waals surface area (Å²) in [6.45, 7) is 4.25. The van der Waals surface area contributed by atoms with E-state index in [9.17, 15) is 4.79 Å². The van der Waals surface area contributed by atoms with Gasteiger partial charge in [0.1, 0.15) is 0 Å². The van der Waals surface area contributed by atoms with Gasteiger partial charge in [0.25, 0.3) is 5.56 Å². The fourth-order valence-corrected chi connectivity index (χ4v) is 3.11. The summed E-state index contributed by atoms with van der Waals surface area (Å²) in [5.74, 6) is 0.941. The maximum Gasteiger partial charge on any atom is 0.265 e. The molecule has 0 aromatic carbocycles. The average Bonchev–Trinajstić information content (AvgIpc) is 2.43. The van der Waals surface area contributed by atoms with E-state index in [1.165, 1.54) is 11.8 Å². The number of rotatable bonds is 1. The van der Waals surface area contributed by atoms with Crippen molar-refractivity contribution < 1.29 is 0 Å². The van der Waals surface area contributed by atoms with Crippen LogP contribution in [0.25, 0.3) is 0 Å². The van der Waals surface area contributed by atoms with Crippen LogP contribution in [0.4, 0.5) is 0 Å². The third-order valence-corrected chi connectivity index (χ3v) is 4.38. The molecule has 0 atom stereocenters. The van der Waals surface area contributed by atoms with Crippen LogP contribution in [-0.4, -0.2) is 22.0 Å². The van der Waals surface area contributed by atoms with Gasteiger partial charge in [-0.15, -0.1) is 11.8 Å². The van der Waals surface area contributed by atoms with Gasteiger partial charge in [-0.25, -0.2) is 4.98 Å². The second-order valence-electron chi connectivity index (χ2n) is 3.93. The Kier molecular flexibility index (Phi) is 2.39. The summed E-state index contributed by atoms with van der Waals surface area (Å²) < 4.78 is 0. The monoisotopic (exact) mass is 228 g/mol. The van der Waals surface area contributed by atoms with Crippen molar-refractivity contribution in [3.05, 3.63) is 16.0 Å². The lowest BCUT2D eigenvalue weighted by molar-refractivity contribution is 0.566. The van der Waals surface area contributed by atoms with E-state index in [1.54, 1.807) is 11.8 Å². The molecule has 14 heavy (non-hydrogen) atoms. The molecule has 0 spiro atoms. The van der Waals surface area contributed by atoms with Crippen molar-refractivity contribution in [2.45, 2.75) is 29.3 Å². The first kappa shape index (κ1) is 10.1. The summed E-state index contributed by atoms with van der Waals surface area (Å²) in [6, 6.07) is 0. The van der Waals surface area contributed by atoms with Crippen molar-refractivity contribution in [1.82, 2.24) is 9.97 Å². The molecule has 0 radical (unpaired) electrons. The van der Waals surface area contributed by atoms with E-state index in [4.69, 9.17) is 0 Å². The van der Waals surface area contributed by atoms with Gasteiger partial charge in [0.15, 0.2) is 5.16 Å². The molecule has 0 unspecified atom stereocenters. The van der Waals surface area contributed by atoms with E-state index in [1.807, 2.05) is 6.26 Å². The Morgan fingerprint density at radius 3 is 2.93 bits per heavy atom. The minimum Gasteiger partial charge on any atom is -0.301 e. The summed E-state index contributed by atoms with van der Waals surface area (Å²) in [7, 11) is 0. The number of hydrogen-bond acceptors (Lipinski definition) is 4. The molecule has 1 aliphatic rings. The average molecular weight is 228 g/mol. The van der Waals surface area contributed by atoms with Crippen LogP contribution in [0.3, 0.4) is 0 Å². The van der Waals surface area contributed by atoms with Crippen LogP contribution in [0.5, 0.6) is 0 Å². The van der Waals surface area contributed by atoms with Gasteiger partial charge in [-0.05, 0) is 6.26 Å². The molecule has 0 saturated carbocycles. The molecule has 1 aromatic heterocycles. The fraction of sp³-hybridized carbons (Fsp3) is 0.556. The van der Waals surface area contributed by atoms with Crippen LogP contribution in [0, 0.1) is 0 Å². The minimum atomic E-state index is 0.00919. The molecule has 0 saturated heterocycles. The third kappa shape index (κ3) is 1.48. The van der Waals surface area contributed by atoms with Gasteiger partial charge in [-0.1, -0.05) is 25.6 Å². The zero-order valence-corrected chi connectivity index (χ0v) is 10.0. The first-order chi connectivity index (χ1) is 6.54. The van der Waals surface area contributed by atoms with Gasteiger partial charge in [-0.3, -0.25) is 4.79 Å². The zero-order chi connectivity index (χ0) is 10.3. The van der Waals surface area contributed by atoms with Crippen LogP contribution in [-0.2, 0) is 5.41 Å². The highest BCUT2D eigenvalue weighted by molar-refractivity contribution is 7.99. The lowest BCUT2D eigenvalue weighted by Crippen LogP contribution is -2.21. The number of H-pyrrole nitrogens is 1.